The van der Waals surface area contributed by atoms with Crippen LogP contribution in [0.5, 0.6) is 17.2 Å². The van der Waals surface area contributed by atoms with Crippen LogP contribution in [0, 0.1) is 0 Å². The van der Waals surface area contributed by atoms with Gasteiger partial charge in [-0.25, -0.2) is 0 Å². The van der Waals surface area contributed by atoms with Gasteiger partial charge in [-0.3, -0.25) is 9.59 Å². The van der Waals surface area contributed by atoms with Crippen molar-refractivity contribution < 1.29 is 23.8 Å². The first-order valence-electron chi connectivity index (χ1n) is 10.6. The SMILES string of the molecule is C=CCNC(=O)C1c2ccccc2C(=O)N(CCC)C1c1cc(OC)c(OC)c(OC)c1. The summed E-state index contributed by atoms with van der Waals surface area (Å²) in [7, 11) is 4.62. The lowest BCUT2D eigenvalue weighted by atomic mass is 9.79. The van der Waals surface area contributed by atoms with E-state index in [0.717, 1.165) is 12.0 Å². The number of carbonyl (C=O) groups excluding carboxylic acids is 2. The molecular formula is C25H30N2O5. The molecule has 2 aromatic carbocycles. The van der Waals surface area contributed by atoms with E-state index in [2.05, 4.69) is 11.9 Å². The molecule has 1 N–H and O–H groups in total. The molecule has 7 nitrogen and oxygen atoms in total. The van der Waals surface area contributed by atoms with Gasteiger partial charge in [0.2, 0.25) is 11.7 Å². The third-order valence-electron chi connectivity index (χ3n) is 5.63. The van der Waals surface area contributed by atoms with E-state index in [1.54, 1.807) is 31.3 Å². The minimum Gasteiger partial charge on any atom is -0.493 e. The van der Waals surface area contributed by atoms with E-state index in [9.17, 15) is 9.59 Å². The molecule has 1 aliphatic heterocycles. The van der Waals surface area contributed by atoms with Gasteiger partial charge >= 0.3 is 0 Å². The molecule has 32 heavy (non-hydrogen) atoms. The fraction of sp³-hybridized carbons (Fsp3) is 0.360. The summed E-state index contributed by atoms with van der Waals surface area (Å²) in [5.41, 5.74) is 1.98. The van der Waals surface area contributed by atoms with E-state index in [4.69, 9.17) is 14.2 Å². The zero-order valence-corrected chi connectivity index (χ0v) is 19.0. The highest BCUT2D eigenvalue weighted by molar-refractivity contribution is 6.01. The molecule has 2 amide bonds. The number of nitrogens with zero attached hydrogens (tertiary/aromatic N) is 1. The Morgan fingerprint density at radius 1 is 1.12 bits per heavy atom. The largest absolute Gasteiger partial charge is 0.493 e. The van der Waals surface area contributed by atoms with Crippen LogP contribution in [-0.2, 0) is 4.79 Å². The van der Waals surface area contributed by atoms with Crippen molar-refractivity contribution >= 4 is 11.8 Å². The van der Waals surface area contributed by atoms with Crippen LogP contribution in [0.1, 0.15) is 46.8 Å². The fourth-order valence-electron chi connectivity index (χ4n) is 4.29. The molecule has 0 saturated heterocycles. The van der Waals surface area contributed by atoms with Crippen molar-refractivity contribution in [1.82, 2.24) is 10.2 Å². The maximum absolute atomic E-state index is 13.5. The number of rotatable bonds is 9. The Morgan fingerprint density at radius 3 is 2.34 bits per heavy atom. The van der Waals surface area contributed by atoms with E-state index in [0.29, 0.717) is 41.5 Å². The molecule has 0 radical (unpaired) electrons. The van der Waals surface area contributed by atoms with Crippen molar-refractivity contribution in [3.8, 4) is 17.2 Å². The summed E-state index contributed by atoms with van der Waals surface area (Å²) in [4.78, 5) is 28.7. The minimum absolute atomic E-state index is 0.103. The standard InChI is InChI=1S/C25H30N2O5/c1-6-12-26-24(28)21-17-10-8-9-11-18(17)25(29)27(13-7-2)22(21)16-14-19(30-3)23(32-5)20(15-16)31-4/h6,8-11,14-15,21-22H,1,7,12-13H2,2-5H3,(H,26,28). The second-order valence-electron chi connectivity index (χ2n) is 7.50. The fourth-order valence-corrected chi connectivity index (χ4v) is 4.29. The second-order valence-corrected chi connectivity index (χ2v) is 7.50. The average Bonchev–Trinajstić information content (AvgIpc) is 2.83. The van der Waals surface area contributed by atoms with Crippen molar-refractivity contribution in [3.63, 3.8) is 0 Å². The van der Waals surface area contributed by atoms with Crippen LogP contribution >= 0.6 is 0 Å². The molecule has 2 aromatic rings. The Morgan fingerprint density at radius 2 is 1.78 bits per heavy atom. The first kappa shape index (κ1) is 23.2. The van der Waals surface area contributed by atoms with Gasteiger partial charge in [-0.15, -0.1) is 6.58 Å². The molecular weight excluding hydrogens is 408 g/mol. The molecule has 1 aliphatic rings. The Kier molecular flexibility index (Phi) is 7.41. The van der Waals surface area contributed by atoms with Crippen molar-refractivity contribution in [3.05, 3.63) is 65.7 Å². The Hall–Kier alpha value is -3.48. The molecule has 2 atom stereocenters. The number of methoxy groups -OCH3 is 3. The molecule has 170 valence electrons. The van der Waals surface area contributed by atoms with Gasteiger partial charge in [-0.2, -0.15) is 0 Å². The van der Waals surface area contributed by atoms with Crippen molar-refractivity contribution in [1.29, 1.82) is 0 Å². The van der Waals surface area contributed by atoms with Gasteiger partial charge in [0.1, 0.15) is 0 Å². The minimum atomic E-state index is -0.613. The highest BCUT2D eigenvalue weighted by Gasteiger charge is 2.44. The maximum atomic E-state index is 13.5. The smallest absolute Gasteiger partial charge is 0.254 e. The number of ether oxygens (including phenoxy) is 3. The predicted octanol–water partition coefficient (Wildman–Crippen LogP) is 3.71. The molecule has 3 rings (SSSR count). The van der Waals surface area contributed by atoms with Crippen LogP contribution in [0.25, 0.3) is 0 Å². The van der Waals surface area contributed by atoms with E-state index < -0.39 is 12.0 Å². The lowest BCUT2D eigenvalue weighted by Gasteiger charge is -2.42. The lowest BCUT2D eigenvalue weighted by molar-refractivity contribution is -0.124. The normalized spacial score (nSPS) is 17.4. The molecule has 0 saturated carbocycles. The van der Waals surface area contributed by atoms with Gasteiger partial charge in [0.05, 0.1) is 33.3 Å². The highest BCUT2D eigenvalue weighted by Crippen LogP contribution is 2.47. The van der Waals surface area contributed by atoms with E-state index in [-0.39, 0.29) is 11.8 Å². The number of benzene rings is 2. The monoisotopic (exact) mass is 438 g/mol. The van der Waals surface area contributed by atoms with Crippen LogP contribution in [0.2, 0.25) is 0 Å². The number of hydrogen-bond donors (Lipinski definition) is 1. The predicted molar refractivity (Wildman–Crippen MR) is 123 cm³/mol. The Labute approximate surface area is 189 Å². The Bertz CT molecular complexity index is 979. The summed E-state index contributed by atoms with van der Waals surface area (Å²) in [5.74, 6) is 0.498. The van der Waals surface area contributed by atoms with E-state index >= 15 is 0 Å². The molecule has 0 fully saturated rings. The first-order valence-corrected chi connectivity index (χ1v) is 10.6. The van der Waals surface area contributed by atoms with Gasteiger partial charge in [0, 0.05) is 18.7 Å². The summed E-state index contributed by atoms with van der Waals surface area (Å²) < 4.78 is 16.5. The van der Waals surface area contributed by atoms with Crippen molar-refractivity contribution in [2.75, 3.05) is 34.4 Å². The van der Waals surface area contributed by atoms with E-state index in [1.807, 2.05) is 37.3 Å². The van der Waals surface area contributed by atoms with Gasteiger partial charge in [0.25, 0.3) is 5.91 Å². The van der Waals surface area contributed by atoms with Crippen molar-refractivity contribution in [2.45, 2.75) is 25.3 Å². The van der Waals surface area contributed by atoms with Crippen LogP contribution in [-0.4, -0.2) is 51.1 Å². The van der Waals surface area contributed by atoms with Gasteiger partial charge < -0.3 is 24.4 Å². The number of fused-ring (bicyclic) bond motifs is 1. The van der Waals surface area contributed by atoms with Crippen LogP contribution in [0.3, 0.4) is 0 Å². The summed E-state index contributed by atoms with van der Waals surface area (Å²) >= 11 is 0. The Balaban J connectivity index is 2.26. The topological polar surface area (TPSA) is 77.1 Å². The first-order chi connectivity index (χ1) is 15.5. The second kappa shape index (κ2) is 10.2. The zero-order chi connectivity index (χ0) is 23.3. The molecule has 7 heteroatoms. The molecule has 2 unspecified atom stereocenters. The van der Waals surface area contributed by atoms with Gasteiger partial charge in [-0.05, 0) is 35.7 Å². The summed E-state index contributed by atoms with van der Waals surface area (Å²) in [6.07, 6.45) is 2.38. The van der Waals surface area contributed by atoms with Gasteiger partial charge in [-0.1, -0.05) is 31.2 Å². The number of carbonyl (C=O) groups is 2. The summed E-state index contributed by atoms with van der Waals surface area (Å²) in [5, 5.41) is 2.92. The third-order valence-corrected chi connectivity index (χ3v) is 5.63. The van der Waals surface area contributed by atoms with Crippen LogP contribution < -0.4 is 19.5 Å². The maximum Gasteiger partial charge on any atom is 0.254 e. The highest BCUT2D eigenvalue weighted by atomic mass is 16.5. The number of nitrogens with one attached hydrogen (secondary N) is 1. The summed E-state index contributed by atoms with van der Waals surface area (Å²) in [6, 6.07) is 10.4. The van der Waals surface area contributed by atoms with Crippen LogP contribution in [0.15, 0.2) is 49.1 Å². The van der Waals surface area contributed by atoms with Crippen molar-refractivity contribution in [2.24, 2.45) is 0 Å². The third kappa shape index (κ3) is 4.15. The quantitative estimate of drug-likeness (QED) is 0.604. The molecule has 0 aliphatic carbocycles. The van der Waals surface area contributed by atoms with Gasteiger partial charge in [0.15, 0.2) is 11.5 Å². The van der Waals surface area contributed by atoms with E-state index in [1.165, 1.54) is 7.11 Å². The summed E-state index contributed by atoms with van der Waals surface area (Å²) in [6.45, 7) is 6.53. The molecule has 0 aromatic heterocycles. The average molecular weight is 439 g/mol. The zero-order valence-electron chi connectivity index (χ0n) is 19.0. The molecule has 0 bridgehead atoms. The molecule has 1 heterocycles. The number of hydrogen-bond acceptors (Lipinski definition) is 5. The molecule has 0 spiro atoms. The number of amides is 2. The van der Waals surface area contributed by atoms with Crippen LogP contribution in [0.4, 0.5) is 0 Å². The lowest BCUT2D eigenvalue weighted by Crippen LogP contribution is -2.47.